The van der Waals surface area contributed by atoms with Crippen molar-refractivity contribution in [2.75, 3.05) is 26.7 Å². The van der Waals surface area contributed by atoms with Crippen molar-refractivity contribution in [3.63, 3.8) is 0 Å². The van der Waals surface area contributed by atoms with E-state index in [0.29, 0.717) is 12.3 Å². The van der Waals surface area contributed by atoms with E-state index in [-0.39, 0.29) is 24.1 Å². The van der Waals surface area contributed by atoms with Gasteiger partial charge in [-0.15, -0.1) is 12.4 Å². The molecule has 0 spiro atoms. The van der Waals surface area contributed by atoms with Gasteiger partial charge in [0.1, 0.15) is 11.6 Å². The second-order valence-electron chi connectivity index (χ2n) is 11.9. The van der Waals surface area contributed by atoms with Crippen LogP contribution in [0.15, 0.2) is 42.5 Å². The first-order chi connectivity index (χ1) is 18.3. The van der Waals surface area contributed by atoms with Crippen LogP contribution in [0.1, 0.15) is 108 Å². The van der Waals surface area contributed by atoms with Gasteiger partial charge in [-0.25, -0.2) is 4.39 Å². The highest BCUT2D eigenvalue weighted by Crippen LogP contribution is 2.45. The molecule has 0 radical (unpaired) electrons. The van der Waals surface area contributed by atoms with Gasteiger partial charge in [0.2, 0.25) is 0 Å². The Morgan fingerprint density at radius 1 is 0.974 bits per heavy atom. The topological polar surface area (TPSA) is 32.7 Å². The molecule has 0 amide bonds. The number of fused-ring (bicyclic) bond motifs is 1. The fraction of sp³-hybridized carbons (Fsp3) is 0.647. The van der Waals surface area contributed by atoms with Crippen LogP contribution >= 0.6 is 12.4 Å². The van der Waals surface area contributed by atoms with E-state index in [2.05, 4.69) is 57.0 Å². The van der Waals surface area contributed by atoms with Crippen molar-refractivity contribution >= 4 is 12.4 Å². The van der Waals surface area contributed by atoms with Crippen molar-refractivity contribution in [3.8, 4) is 5.75 Å². The average molecular weight is 562 g/mol. The van der Waals surface area contributed by atoms with Crippen LogP contribution < -0.4 is 4.74 Å². The van der Waals surface area contributed by atoms with E-state index in [0.717, 1.165) is 62.3 Å². The Kier molecular flexibility index (Phi) is 14.9. The fourth-order valence-electron chi connectivity index (χ4n) is 6.14. The molecule has 0 fully saturated rings. The normalized spacial score (nSPS) is 18.7. The third-order valence-corrected chi connectivity index (χ3v) is 8.41. The SMILES string of the molecule is CCCCCCCCCCOc1ccc(CCN(C)CC[C@]2(O)CCc3cc(F)ccc3[C@H]2C(C)C)cc1.Cl. The summed E-state index contributed by atoms with van der Waals surface area (Å²) < 4.78 is 19.7. The third kappa shape index (κ3) is 10.7. The summed E-state index contributed by atoms with van der Waals surface area (Å²) in [5, 5.41) is 11.7. The second kappa shape index (κ2) is 17.3. The Morgan fingerprint density at radius 2 is 1.64 bits per heavy atom. The summed E-state index contributed by atoms with van der Waals surface area (Å²) in [7, 11) is 2.14. The lowest BCUT2D eigenvalue weighted by molar-refractivity contribution is -0.0300. The summed E-state index contributed by atoms with van der Waals surface area (Å²) in [4.78, 5) is 2.32. The van der Waals surface area contributed by atoms with Gasteiger partial charge in [-0.1, -0.05) is 83.9 Å². The molecule has 3 nitrogen and oxygen atoms in total. The molecule has 0 aromatic heterocycles. The predicted molar refractivity (Wildman–Crippen MR) is 165 cm³/mol. The summed E-state index contributed by atoms with van der Waals surface area (Å²) in [6.45, 7) is 9.19. The lowest BCUT2D eigenvalue weighted by atomic mass is 9.66. The van der Waals surface area contributed by atoms with Crippen LogP contribution in [-0.2, 0) is 12.8 Å². The van der Waals surface area contributed by atoms with Crippen LogP contribution in [0, 0.1) is 11.7 Å². The minimum atomic E-state index is -0.749. The number of nitrogens with zero attached hydrogens (tertiary/aromatic N) is 1. The van der Waals surface area contributed by atoms with Gasteiger partial charge in [0.15, 0.2) is 0 Å². The molecule has 0 bridgehead atoms. The lowest BCUT2D eigenvalue weighted by Crippen LogP contribution is -2.45. The minimum absolute atomic E-state index is 0. The number of likely N-dealkylation sites (N-methyl/N-ethyl adjacent to an activating group) is 1. The molecule has 2 aromatic carbocycles. The maximum absolute atomic E-state index is 13.8. The number of benzene rings is 2. The molecule has 220 valence electrons. The Balaban J connectivity index is 0.00000533. The van der Waals surface area contributed by atoms with E-state index in [4.69, 9.17) is 4.74 Å². The van der Waals surface area contributed by atoms with Crippen molar-refractivity contribution in [2.24, 2.45) is 5.92 Å². The van der Waals surface area contributed by atoms with E-state index in [1.54, 1.807) is 12.1 Å². The number of halogens is 2. The standard InChI is InChI=1S/C34H52FNO2.ClH/c1-5-6-7-8-9-10-11-12-25-38-31-16-13-28(14-17-31)20-23-36(4)24-22-34(37)21-19-29-26-30(35)15-18-32(29)33(34)27(2)3;/h13-18,26-27,33,37H,5-12,19-25H2,1-4H3;1H/t33-,34-;/m1./s1. The smallest absolute Gasteiger partial charge is 0.123 e. The highest BCUT2D eigenvalue weighted by molar-refractivity contribution is 5.85. The van der Waals surface area contributed by atoms with Gasteiger partial charge in [0.05, 0.1) is 12.2 Å². The van der Waals surface area contributed by atoms with Crippen molar-refractivity contribution in [3.05, 3.63) is 65.0 Å². The molecule has 0 heterocycles. The molecule has 2 aromatic rings. The maximum atomic E-state index is 13.8. The first-order valence-electron chi connectivity index (χ1n) is 15.2. The van der Waals surface area contributed by atoms with Gasteiger partial charge in [0.25, 0.3) is 0 Å². The molecule has 2 atom stereocenters. The number of unbranched alkanes of at least 4 members (excludes halogenated alkanes) is 7. The van der Waals surface area contributed by atoms with Crippen molar-refractivity contribution in [1.29, 1.82) is 0 Å². The molecule has 3 rings (SSSR count). The van der Waals surface area contributed by atoms with Crippen LogP contribution in [0.3, 0.4) is 0 Å². The molecule has 39 heavy (non-hydrogen) atoms. The van der Waals surface area contributed by atoms with E-state index in [1.165, 1.54) is 50.5 Å². The highest BCUT2D eigenvalue weighted by Gasteiger charge is 2.43. The minimum Gasteiger partial charge on any atom is -0.494 e. The Hall–Kier alpha value is -1.62. The molecule has 1 aliphatic carbocycles. The zero-order chi connectivity index (χ0) is 27.4. The quantitative estimate of drug-likeness (QED) is 0.196. The van der Waals surface area contributed by atoms with Crippen molar-refractivity contribution in [1.82, 2.24) is 4.90 Å². The number of hydrogen-bond donors (Lipinski definition) is 1. The molecule has 1 aliphatic rings. The zero-order valence-corrected chi connectivity index (χ0v) is 25.7. The van der Waals surface area contributed by atoms with E-state index < -0.39 is 5.60 Å². The number of hydrogen-bond acceptors (Lipinski definition) is 3. The van der Waals surface area contributed by atoms with Crippen LogP contribution in [0.25, 0.3) is 0 Å². The van der Waals surface area contributed by atoms with Gasteiger partial charge in [-0.3, -0.25) is 0 Å². The summed E-state index contributed by atoms with van der Waals surface area (Å²) >= 11 is 0. The number of aryl methyl sites for hydroxylation is 1. The first-order valence-corrected chi connectivity index (χ1v) is 15.2. The third-order valence-electron chi connectivity index (χ3n) is 8.41. The van der Waals surface area contributed by atoms with E-state index in [1.807, 2.05) is 6.07 Å². The summed E-state index contributed by atoms with van der Waals surface area (Å²) in [5.74, 6) is 1.12. The van der Waals surface area contributed by atoms with Gasteiger partial charge in [-0.05, 0) is 86.0 Å². The van der Waals surface area contributed by atoms with E-state index in [9.17, 15) is 9.50 Å². The molecular formula is C34H53ClFNO2. The molecule has 0 saturated carbocycles. The second-order valence-corrected chi connectivity index (χ2v) is 11.9. The predicted octanol–water partition coefficient (Wildman–Crippen LogP) is 8.75. The first kappa shape index (κ1) is 33.6. The summed E-state index contributed by atoms with van der Waals surface area (Å²) in [5.41, 5.74) is 2.75. The molecule has 0 unspecified atom stereocenters. The Labute approximate surface area is 243 Å². The van der Waals surface area contributed by atoms with Crippen molar-refractivity contribution < 1.29 is 14.2 Å². The Bertz CT molecular complexity index is 951. The average Bonchev–Trinajstić information content (AvgIpc) is 2.90. The van der Waals surface area contributed by atoms with Crippen LogP contribution in [0.4, 0.5) is 4.39 Å². The molecule has 0 aliphatic heterocycles. The lowest BCUT2D eigenvalue weighted by Gasteiger charge is -2.44. The van der Waals surface area contributed by atoms with Crippen LogP contribution in [-0.4, -0.2) is 42.4 Å². The summed E-state index contributed by atoms with van der Waals surface area (Å²) in [6, 6.07) is 13.6. The fourth-order valence-corrected chi connectivity index (χ4v) is 6.14. The maximum Gasteiger partial charge on any atom is 0.123 e. The number of rotatable bonds is 17. The van der Waals surface area contributed by atoms with Gasteiger partial charge >= 0.3 is 0 Å². The number of aliphatic hydroxyl groups is 1. The van der Waals surface area contributed by atoms with E-state index >= 15 is 0 Å². The van der Waals surface area contributed by atoms with Crippen LogP contribution in [0.5, 0.6) is 5.75 Å². The van der Waals surface area contributed by atoms with Crippen LogP contribution in [0.2, 0.25) is 0 Å². The highest BCUT2D eigenvalue weighted by atomic mass is 35.5. The van der Waals surface area contributed by atoms with Gasteiger partial charge in [-0.2, -0.15) is 0 Å². The largest absolute Gasteiger partial charge is 0.494 e. The number of ether oxygens (including phenoxy) is 1. The molecule has 5 heteroatoms. The van der Waals surface area contributed by atoms with Gasteiger partial charge in [0, 0.05) is 19.0 Å². The zero-order valence-electron chi connectivity index (χ0n) is 24.9. The molecule has 0 saturated heterocycles. The van der Waals surface area contributed by atoms with Gasteiger partial charge < -0.3 is 14.7 Å². The molecule has 1 N–H and O–H groups in total. The monoisotopic (exact) mass is 561 g/mol. The molecular weight excluding hydrogens is 509 g/mol. The Morgan fingerprint density at radius 3 is 2.31 bits per heavy atom. The summed E-state index contributed by atoms with van der Waals surface area (Å²) in [6.07, 6.45) is 13.7. The van der Waals surface area contributed by atoms with Crippen molar-refractivity contribution in [2.45, 2.75) is 109 Å².